The Bertz CT molecular complexity index is 265. The van der Waals surface area contributed by atoms with Gasteiger partial charge in [0.05, 0.1) is 0 Å². The standard InChI is InChI=1S/C9H17NO4S2/c1-9(2,3)14-8(13)10(16-4)6(5-15)7(11)12/h6,15H,5H2,1-4H3,(H,11,12)/t6-/m0/s1. The molecule has 0 bridgehead atoms. The molecule has 0 spiro atoms. The summed E-state index contributed by atoms with van der Waals surface area (Å²) in [4.78, 5) is 22.6. The lowest BCUT2D eigenvalue weighted by Gasteiger charge is -2.28. The fourth-order valence-electron chi connectivity index (χ4n) is 0.888. The molecule has 0 aliphatic rings. The maximum atomic E-state index is 11.7. The average Bonchev–Trinajstić information content (AvgIpc) is 2.09. The van der Waals surface area contributed by atoms with E-state index in [0.29, 0.717) is 0 Å². The molecule has 0 saturated heterocycles. The first kappa shape index (κ1) is 15.4. The van der Waals surface area contributed by atoms with E-state index in [4.69, 9.17) is 9.84 Å². The van der Waals surface area contributed by atoms with Crippen LogP contribution >= 0.6 is 24.6 Å². The first-order chi connectivity index (χ1) is 7.22. The van der Waals surface area contributed by atoms with E-state index in [1.54, 1.807) is 27.0 Å². The van der Waals surface area contributed by atoms with E-state index in [1.165, 1.54) is 0 Å². The van der Waals surface area contributed by atoms with Crippen molar-refractivity contribution in [3.63, 3.8) is 0 Å². The Labute approximate surface area is 105 Å². The zero-order valence-electron chi connectivity index (χ0n) is 9.76. The number of rotatable bonds is 4. The third-order valence-corrected chi connectivity index (χ3v) is 2.65. The van der Waals surface area contributed by atoms with Gasteiger partial charge < -0.3 is 9.84 Å². The molecular formula is C9H17NO4S2. The van der Waals surface area contributed by atoms with Crippen molar-refractivity contribution in [3.05, 3.63) is 0 Å². The summed E-state index contributed by atoms with van der Waals surface area (Å²) < 4.78 is 6.16. The maximum Gasteiger partial charge on any atom is 0.421 e. The Kier molecular flexibility index (Phi) is 6.02. The molecule has 0 aliphatic heterocycles. The van der Waals surface area contributed by atoms with Gasteiger partial charge in [-0.15, -0.1) is 0 Å². The van der Waals surface area contributed by atoms with Crippen LogP contribution < -0.4 is 0 Å². The van der Waals surface area contributed by atoms with E-state index >= 15 is 0 Å². The second-order valence-electron chi connectivity index (χ2n) is 4.03. The molecule has 0 unspecified atom stereocenters. The molecule has 7 heteroatoms. The molecule has 1 amide bonds. The fourth-order valence-corrected chi connectivity index (χ4v) is 1.92. The zero-order chi connectivity index (χ0) is 12.9. The molecule has 1 atom stereocenters. The minimum atomic E-state index is -1.10. The fraction of sp³-hybridized carbons (Fsp3) is 0.778. The third-order valence-electron chi connectivity index (χ3n) is 1.51. The number of amides is 1. The van der Waals surface area contributed by atoms with Crippen LogP contribution in [0.2, 0.25) is 0 Å². The summed E-state index contributed by atoms with van der Waals surface area (Å²) in [6, 6.07) is -0.992. The SMILES string of the molecule is CSN(C(=O)OC(C)(C)C)[C@@H](CS)C(=O)O. The summed E-state index contributed by atoms with van der Waals surface area (Å²) in [6.07, 6.45) is 0.949. The van der Waals surface area contributed by atoms with Gasteiger partial charge in [-0.25, -0.2) is 13.9 Å². The van der Waals surface area contributed by atoms with Gasteiger partial charge in [0.15, 0.2) is 6.04 Å². The number of nitrogens with zero attached hydrogens (tertiary/aromatic N) is 1. The third kappa shape index (κ3) is 4.98. The Morgan fingerprint density at radius 2 is 2.00 bits per heavy atom. The van der Waals surface area contributed by atoms with Crippen molar-refractivity contribution in [3.8, 4) is 0 Å². The highest BCUT2D eigenvalue weighted by molar-refractivity contribution is 7.96. The van der Waals surface area contributed by atoms with Gasteiger partial charge >= 0.3 is 12.1 Å². The molecule has 0 fully saturated rings. The Hall–Kier alpha value is -0.560. The highest BCUT2D eigenvalue weighted by Crippen LogP contribution is 2.18. The first-order valence-corrected chi connectivity index (χ1v) is 6.44. The number of carboxylic acid groups (broad SMARTS) is 1. The summed E-state index contributed by atoms with van der Waals surface area (Å²) in [5.74, 6) is -1.06. The first-order valence-electron chi connectivity index (χ1n) is 4.63. The number of hydrogen-bond acceptors (Lipinski definition) is 5. The van der Waals surface area contributed by atoms with Crippen molar-refractivity contribution in [1.29, 1.82) is 0 Å². The van der Waals surface area contributed by atoms with E-state index in [2.05, 4.69) is 12.6 Å². The summed E-state index contributed by atoms with van der Waals surface area (Å²) in [5.41, 5.74) is -0.648. The van der Waals surface area contributed by atoms with Gasteiger partial charge in [-0.2, -0.15) is 12.6 Å². The monoisotopic (exact) mass is 267 g/mol. The van der Waals surface area contributed by atoms with Gasteiger partial charge in [0.1, 0.15) is 5.60 Å². The number of hydrogen-bond donors (Lipinski definition) is 2. The topological polar surface area (TPSA) is 66.8 Å². The Balaban J connectivity index is 4.71. The number of carboxylic acids is 1. The number of ether oxygens (including phenoxy) is 1. The summed E-state index contributed by atoms with van der Waals surface area (Å²) in [6.45, 7) is 5.17. The van der Waals surface area contributed by atoms with E-state index in [0.717, 1.165) is 16.3 Å². The predicted octanol–water partition coefficient (Wildman–Crippen LogP) is 1.88. The summed E-state index contributed by atoms with van der Waals surface area (Å²) >= 11 is 4.92. The molecule has 0 saturated carbocycles. The maximum absolute atomic E-state index is 11.7. The molecule has 94 valence electrons. The number of aliphatic carboxylic acids is 1. The smallest absolute Gasteiger partial charge is 0.421 e. The number of thiol groups is 1. The molecule has 0 aromatic rings. The molecule has 5 nitrogen and oxygen atoms in total. The summed E-state index contributed by atoms with van der Waals surface area (Å²) in [5, 5.41) is 8.91. The van der Waals surface area contributed by atoms with Crippen molar-refractivity contribution < 1.29 is 19.4 Å². The zero-order valence-corrected chi connectivity index (χ0v) is 11.5. The lowest BCUT2D eigenvalue weighted by atomic mass is 10.2. The molecule has 0 rings (SSSR count). The van der Waals surface area contributed by atoms with E-state index in [-0.39, 0.29) is 5.75 Å². The van der Waals surface area contributed by atoms with Crippen LogP contribution in [0, 0.1) is 0 Å². The molecule has 0 aromatic carbocycles. The quantitative estimate of drug-likeness (QED) is 0.601. The predicted molar refractivity (Wildman–Crippen MR) is 66.9 cm³/mol. The van der Waals surface area contributed by atoms with Gasteiger partial charge in [-0.05, 0) is 32.7 Å². The van der Waals surface area contributed by atoms with E-state index in [9.17, 15) is 9.59 Å². The van der Waals surface area contributed by atoms with Crippen LogP contribution in [0.3, 0.4) is 0 Å². The van der Waals surface area contributed by atoms with Gasteiger partial charge in [0.2, 0.25) is 0 Å². The molecule has 0 aliphatic carbocycles. The molecule has 1 N–H and O–H groups in total. The molecule has 0 heterocycles. The second-order valence-corrected chi connectivity index (χ2v) is 5.15. The Morgan fingerprint density at radius 3 is 2.25 bits per heavy atom. The summed E-state index contributed by atoms with van der Waals surface area (Å²) in [7, 11) is 0. The van der Waals surface area contributed by atoms with Crippen molar-refractivity contribution >= 4 is 36.6 Å². The van der Waals surface area contributed by atoms with Crippen LogP contribution in [0.4, 0.5) is 4.79 Å². The largest absolute Gasteiger partial charge is 0.480 e. The minimum absolute atomic E-state index is 0.0371. The molecule has 16 heavy (non-hydrogen) atoms. The van der Waals surface area contributed by atoms with Crippen molar-refractivity contribution in [2.75, 3.05) is 12.0 Å². The molecular weight excluding hydrogens is 250 g/mol. The number of carbonyl (C=O) groups excluding carboxylic acids is 1. The van der Waals surface area contributed by atoms with Gasteiger partial charge in [-0.3, -0.25) is 0 Å². The second kappa shape index (κ2) is 6.24. The average molecular weight is 267 g/mol. The normalized spacial score (nSPS) is 13.1. The van der Waals surface area contributed by atoms with Crippen LogP contribution in [-0.2, 0) is 9.53 Å². The molecule has 0 aromatic heterocycles. The van der Waals surface area contributed by atoms with Crippen molar-refractivity contribution in [1.82, 2.24) is 4.31 Å². The van der Waals surface area contributed by atoms with Crippen LogP contribution in [0.1, 0.15) is 20.8 Å². The van der Waals surface area contributed by atoms with Crippen LogP contribution in [0.5, 0.6) is 0 Å². The van der Waals surface area contributed by atoms with Gasteiger partial charge in [0.25, 0.3) is 0 Å². The van der Waals surface area contributed by atoms with Crippen LogP contribution in [0.15, 0.2) is 0 Å². The minimum Gasteiger partial charge on any atom is -0.480 e. The molecule has 0 radical (unpaired) electrons. The van der Waals surface area contributed by atoms with Crippen LogP contribution in [-0.4, -0.2) is 45.1 Å². The van der Waals surface area contributed by atoms with Crippen LogP contribution in [0.25, 0.3) is 0 Å². The van der Waals surface area contributed by atoms with Gasteiger partial charge in [0, 0.05) is 12.0 Å². The highest BCUT2D eigenvalue weighted by atomic mass is 32.2. The lowest BCUT2D eigenvalue weighted by Crippen LogP contribution is -2.44. The Morgan fingerprint density at radius 1 is 1.50 bits per heavy atom. The van der Waals surface area contributed by atoms with Crippen molar-refractivity contribution in [2.45, 2.75) is 32.4 Å². The van der Waals surface area contributed by atoms with Crippen molar-refractivity contribution in [2.24, 2.45) is 0 Å². The number of carbonyl (C=O) groups is 2. The lowest BCUT2D eigenvalue weighted by molar-refractivity contribution is -0.140. The van der Waals surface area contributed by atoms with E-state index in [1.807, 2.05) is 0 Å². The van der Waals surface area contributed by atoms with Gasteiger partial charge in [-0.1, -0.05) is 0 Å². The van der Waals surface area contributed by atoms with E-state index < -0.39 is 23.7 Å². The highest BCUT2D eigenvalue weighted by Gasteiger charge is 2.31.